The average molecular weight is 269 g/mol. The molecule has 1 fully saturated rings. The summed E-state index contributed by atoms with van der Waals surface area (Å²) >= 11 is 6.13. The highest BCUT2D eigenvalue weighted by atomic mass is 35.5. The van der Waals surface area contributed by atoms with Gasteiger partial charge in [0.2, 0.25) is 5.91 Å². The molecule has 1 heterocycles. The summed E-state index contributed by atoms with van der Waals surface area (Å²) < 4.78 is 0. The summed E-state index contributed by atoms with van der Waals surface area (Å²) in [4.78, 5) is 13.9. The minimum absolute atomic E-state index is 0.148. The standard InChI is InChI=1S/C13H17ClN2O2/c1-13(2)8-16(12(18)10(7-17)15-13)11-6-4-3-5-9(11)14/h3-6,10,15,17H,7-8H2,1-2H3. The van der Waals surface area contributed by atoms with E-state index < -0.39 is 6.04 Å². The number of benzene rings is 1. The fourth-order valence-corrected chi connectivity index (χ4v) is 2.48. The Morgan fingerprint density at radius 2 is 2.17 bits per heavy atom. The van der Waals surface area contributed by atoms with Gasteiger partial charge in [0, 0.05) is 12.1 Å². The van der Waals surface area contributed by atoms with Crippen molar-refractivity contribution < 1.29 is 9.90 Å². The Morgan fingerprint density at radius 1 is 1.50 bits per heavy atom. The van der Waals surface area contributed by atoms with Gasteiger partial charge in [0.05, 0.1) is 17.3 Å². The second-order valence-electron chi connectivity index (χ2n) is 5.14. The lowest BCUT2D eigenvalue weighted by molar-refractivity contribution is -0.124. The molecule has 1 amide bonds. The van der Waals surface area contributed by atoms with E-state index in [1.54, 1.807) is 11.0 Å². The predicted octanol–water partition coefficient (Wildman–Crippen LogP) is 1.42. The molecule has 18 heavy (non-hydrogen) atoms. The first-order valence-corrected chi connectivity index (χ1v) is 6.27. The Morgan fingerprint density at radius 3 is 2.78 bits per heavy atom. The lowest BCUT2D eigenvalue weighted by Crippen LogP contribution is -2.66. The van der Waals surface area contributed by atoms with Crippen molar-refractivity contribution >= 4 is 23.2 Å². The number of nitrogens with one attached hydrogen (secondary N) is 1. The highest BCUT2D eigenvalue weighted by Gasteiger charge is 2.38. The second kappa shape index (κ2) is 4.88. The number of para-hydroxylation sites is 1. The SMILES string of the molecule is CC1(C)CN(c2ccccc2Cl)C(=O)C(CO)N1. The zero-order chi connectivity index (χ0) is 13.3. The number of carbonyl (C=O) groups excluding carboxylic acids is 1. The first-order valence-electron chi connectivity index (χ1n) is 5.89. The molecule has 1 aliphatic heterocycles. The van der Waals surface area contributed by atoms with Gasteiger partial charge in [-0.05, 0) is 26.0 Å². The fraction of sp³-hybridized carbons (Fsp3) is 0.462. The van der Waals surface area contributed by atoms with Gasteiger partial charge in [-0.15, -0.1) is 0 Å². The van der Waals surface area contributed by atoms with Crippen LogP contribution in [0.2, 0.25) is 5.02 Å². The van der Waals surface area contributed by atoms with Gasteiger partial charge in [-0.3, -0.25) is 10.1 Å². The molecule has 2 rings (SSSR count). The van der Waals surface area contributed by atoms with Crippen molar-refractivity contribution in [3.8, 4) is 0 Å². The van der Waals surface area contributed by atoms with Crippen LogP contribution in [0.5, 0.6) is 0 Å². The van der Waals surface area contributed by atoms with Gasteiger partial charge in [-0.25, -0.2) is 0 Å². The van der Waals surface area contributed by atoms with E-state index in [-0.39, 0.29) is 18.1 Å². The maximum atomic E-state index is 12.2. The fourth-order valence-electron chi connectivity index (χ4n) is 2.24. The molecule has 0 bridgehead atoms. The van der Waals surface area contributed by atoms with E-state index >= 15 is 0 Å². The van der Waals surface area contributed by atoms with E-state index in [0.717, 1.165) is 0 Å². The van der Waals surface area contributed by atoms with Crippen molar-refractivity contribution in [1.82, 2.24) is 5.32 Å². The van der Waals surface area contributed by atoms with Gasteiger partial charge in [-0.1, -0.05) is 23.7 Å². The summed E-state index contributed by atoms with van der Waals surface area (Å²) in [6.45, 7) is 4.28. The maximum absolute atomic E-state index is 12.2. The predicted molar refractivity (Wildman–Crippen MR) is 71.9 cm³/mol. The van der Waals surface area contributed by atoms with Crippen molar-refractivity contribution in [3.05, 3.63) is 29.3 Å². The molecule has 0 aromatic heterocycles. The van der Waals surface area contributed by atoms with Crippen LogP contribution in [0.4, 0.5) is 5.69 Å². The number of piperazine rings is 1. The monoisotopic (exact) mass is 268 g/mol. The number of halogens is 1. The van der Waals surface area contributed by atoms with E-state index in [1.165, 1.54) is 0 Å². The zero-order valence-corrected chi connectivity index (χ0v) is 11.2. The smallest absolute Gasteiger partial charge is 0.246 e. The molecule has 1 aromatic carbocycles. The van der Waals surface area contributed by atoms with E-state index in [4.69, 9.17) is 11.6 Å². The Labute approximate surface area is 112 Å². The molecular formula is C13H17ClN2O2. The van der Waals surface area contributed by atoms with Crippen LogP contribution in [0.15, 0.2) is 24.3 Å². The van der Waals surface area contributed by atoms with Gasteiger partial charge >= 0.3 is 0 Å². The Bertz CT molecular complexity index is 462. The Hall–Kier alpha value is -1.10. The van der Waals surface area contributed by atoms with Crippen molar-refractivity contribution in [1.29, 1.82) is 0 Å². The minimum Gasteiger partial charge on any atom is -0.394 e. The topological polar surface area (TPSA) is 52.6 Å². The number of hydrogen-bond donors (Lipinski definition) is 2. The summed E-state index contributed by atoms with van der Waals surface area (Å²) in [5, 5.41) is 13.0. The lowest BCUT2D eigenvalue weighted by Gasteiger charge is -2.42. The molecule has 0 aliphatic carbocycles. The minimum atomic E-state index is -0.579. The number of rotatable bonds is 2. The molecule has 0 spiro atoms. The van der Waals surface area contributed by atoms with Crippen LogP contribution in [0.3, 0.4) is 0 Å². The van der Waals surface area contributed by atoms with Crippen LogP contribution in [0.25, 0.3) is 0 Å². The van der Waals surface area contributed by atoms with Crippen molar-refractivity contribution in [2.45, 2.75) is 25.4 Å². The quantitative estimate of drug-likeness (QED) is 0.853. The number of aliphatic hydroxyl groups excluding tert-OH is 1. The Balaban J connectivity index is 2.37. The second-order valence-corrected chi connectivity index (χ2v) is 5.55. The molecule has 1 atom stereocenters. The van der Waals surface area contributed by atoms with Crippen molar-refractivity contribution in [2.75, 3.05) is 18.1 Å². The summed E-state index contributed by atoms with van der Waals surface area (Å²) in [6.07, 6.45) is 0. The third-order valence-electron chi connectivity index (χ3n) is 3.01. The van der Waals surface area contributed by atoms with Gasteiger partial charge in [0.25, 0.3) is 0 Å². The number of carbonyl (C=O) groups is 1. The summed E-state index contributed by atoms with van der Waals surface area (Å²) in [7, 11) is 0. The van der Waals surface area contributed by atoms with Crippen molar-refractivity contribution in [3.63, 3.8) is 0 Å². The lowest BCUT2D eigenvalue weighted by atomic mass is 9.97. The van der Waals surface area contributed by atoms with Crippen LogP contribution in [-0.2, 0) is 4.79 Å². The number of anilines is 1. The first kappa shape index (κ1) is 13.3. The largest absolute Gasteiger partial charge is 0.394 e. The molecule has 1 saturated heterocycles. The number of aliphatic hydroxyl groups is 1. The van der Waals surface area contributed by atoms with Crippen molar-refractivity contribution in [2.24, 2.45) is 0 Å². The third kappa shape index (κ3) is 2.51. The molecule has 0 saturated carbocycles. The number of nitrogens with zero attached hydrogens (tertiary/aromatic N) is 1. The highest BCUT2D eigenvalue weighted by Crippen LogP contribution is 2.29. The van der Waals surface area contributed by atoms with Crippen LogP contribution < -0.4 is 10.2 Å². The molecule has 98 valence electrons. The molecule has 4 nitrogen and oxygen atoms in total. The van der Waals surface area contributed by atoms with Crippen LogP contribution in [0.1, 0.15) is 13.8 Å². The molecule has 5 heteroatoms. The van der Waals surface area contributed by atoms with E-state index in [9.17, 15) is 9.90 Å². The Kier molecular flexibility index (Phi) is 3.61. The maximum Gasteiger partial charge on any atom is 0.246 e. The van der Waals surface area contributed by atoms with Crippen LogP contribution in [0, 0.1) is 0 Å². The van der Waals surface area contributed by atoms with Crippen LogP contribution >= 0.6 is 11.6 Å². The van der Waals surface area contributed by atoms with E-state index in [2.05, 4.69) is 5.32 Å². The molecule has 2 N–H and O–H groups in total. The number of hydrogen-bond acceptors (Lipinski definition) is 3. The third-order valence-corrected chi connectivity index (χ3v) is 3.33. The molecule has 1 aliphatic rings. The van der Waals surface area contributed by atoms with E-state index in [1.807, 2.05) is 32.0 Å². The van der Waals surface area contributed by atoms with Gasteiger partial charge in [0.15, 0.2) is 0 Å². The van der Waals surface area contributed by atoms with Gasteiger partial charge in [0.1, 0.15) is 6.04 Å². The zero-order valence-electron chi connectivity index (χ0n) is 10.5. The van der Waals surface area contributed by atoms with Crippen LogP contribution in [-0.4, -0.2) is 35.7 Å². The number of amides is 1. The average Bonchev–Trinajstić information content (AvgIpc) is 2.32. The normalized spacial score (nSPS) is 23.2. The summed E-state index contributed by atoms with van der Waals surface area (Å²) in [6, 6.07) is 6.67. The molecule has 1 aromatic rings. The molecule has 0 radical (unpaired) electrons. The molecular weight excluding hydrogens is 252 g/mol. The highest BCUT2D eigenvalue weighted by molar-refractivity contribution is 6.33. The van der Waals surface area contributed by atoms with E-state index in [0.29, 0.717) is 17.3 Å². The molecule has 1 unspecified atom stereocenters. The first-order chi connectivity index (χ1) is 8.44. The summed E-state index contributed by atoms with van der Waals surface area (Å²) in [5.41, 5.74) is 0.428. The van der Waals surface area contributed by atoms with Gasteiger partial charge < -0.3 is 10.0 Å². The summed E-state index contributed by atoms with van der Waals surface area (Å²) in [5.74, 6) is -0.148. The van der Waals surface area contributed by atoms with Gasteiger partial charge in [-0.2, -0.15) is 0 Å².